The van der Waals surface area contributed by atoms with Crippen LogP contribution < -0.4 is 10.2 Å². The molecular weight excluding hydrogens is 292 g/mol. The molecule has 1 heterocycles. The summed E-state index contributed by atoms with van der Waals surface area (Å²) < 4.78 is 0. The van der Waals surface area contributed by atoms with Crippen molar-refractivity contribution in [3.05, 3.63) is 22.4 Å². The third-order valence-electron chi connectivity index (χ3n) is 5.96. The van der Waals surface area contributed by atoms with E-state index in [1.807, 2.05) is 0 Å². The van der Waals surface area contributed by atoms with E-state index in [0.29, 0.717) is 6.54 Å². The number of carbonyl (C=O) groups excluding carboxylic acids is 1. The molecule has 2 N–H and O–H groups in total. The molecule has 120 valence electrons. The zero-order chi connectivity index (χ0) is 15.2. The number of carbonyl (C=O) groups is 1. The van der Waals surface area contributed by atoms with Crippen molar-refractivity contribution in [2.45, 2.75) is 50.6 Å². The van der Waals surface area contributed by atoms with Crippen LogP contribution in [0.15, 0.2) is 17.5 Å². The minimum Gasteiger partial charge on any atom is -0.346 e. The number of thiophene rings is 1. The summed E-state index contributed by atoms with van der Waals surface area (Å²) in [4.78, 5) is 15.2. The molecule has 0 aliphatic heterocycles. The van der Waals surface area contributed by atoms with Crippen molar-refractivity contribution in [1.29, 1.82) is 0 Å². The van der Waals surface area contributed by atoms with Crippen molar-refractivity contribution >= 4 is 17.2 Å². The lowest BCUT2D eigenvalue weighted by Gasteiger charge is -2.56. The van der Waals surface area contributed by atoms with Gasteiger partial charge in [-0.1, -0.05) is 6.07 Å². The van der Waals surface area contributed by atoms with Crippen LogP contribution in [-0.2, 0) is 11.3 Å². The third kappa shape index (κ3) is 2.95. The highest BCUT2D eigenvalue weighted by Gasteiger charge is 2.51. The SMILES string of the molecule is C[NH+](CC(=O)NC12CC3CC(CC(C3)C1)C2)Cc1cccs1. The fourth-order valence-corrected chi connectivity index (χ4v) is 6.47. The summed E-state index contributed by atoms with van der Waals surface area (Å²) >= 11 is 1.78. The van der Waals surface area contributed by atoms with E-state index >= 15 is 0 Å². The first-order valence-electron chi connectivity index (χ1n) is 8.75. The monoisotopic (exact) mass is 319 g/mol. The fraction of sp³-hybridized carbons (Fsp3) is 0.722. The smallest absolute Gasteiger partial charge is 0.275 e. The van der Waals surface area contributed by atoms with Crippen LogP contribution in [0.1, 0.15) is 43.4 Å². The molecule has 1 unspecified atom stereocenters. The van der Waals surface area contributed by atoms with Crippen LogP contribution >= 0.6 is 11.3 Å². The summed E-state index contributed by atoms with van der Waals surface area (Å²) in [5.74, 6) is 2.93. The summed E-state index contributed by atoms with van der Waals surface area (Å²) in [6, 6.07) is 4.24. The Morgan fingerprint density at radius 1 is 1.27 bits per heavy atom. The van der Waals surface area contributed by atoms with E-state index in [1.165, 1.54) is 48.3 Å². The van der Waals surface area contributed by atoms with Crippen molar-refractivity contribution in [3.63, 3.8) is 0 Å². The Morgan fingerprint density at radius 2 is 1.91 bits per heavy atom. The molecule has 3 nitrogen and oxygen atoms in total. The van der Waals surface area contributed by atoms with Gasteiger partial charge in [0.05, 0.1) is 11.9 Å². The molecule has 5 rings (SSSR count). The van der Waals surface area contributed by atoms with E-state index in [1.54, 1.807) is 11.3 Å². The highest BCUT2D eigenvalue weighted by atomic mass is 32.1. The lowest BCUT2D eigenvalue weighted by atomic mass is 9.53. The third-order valence-corrected chi connectivity index (χ3v) is 6.84. The first kappa shape index (κ1) is 14.7. The van der Waals surface area contributed by atoms with Gasteiger partial charge in [-0.3, -0.25) is 4.79 Å². The van der Waals surface area contributed by atoms with Crippen molar-refractivity contribution < 1.29 is 9.69 Å². The van der Waals surface area contributed by atoms with Crippen molar-refractivity contribution in [3.8, 4) is 0 Å². The summed E-state index contributed by atoms with van der Waals surface area (Å²) in [7, 11) is 2.12. The van der Waals surface area contributed by atoms with Crippen LogP contribution in [0.25, 0.3) is 0 Å². The minimum atomic E-state index is 0.162. The summed E-state index contributed by atoms with van der Waals surface area (Å²) in [5, 5.41) is 5.59. The van der Waals surface area contributed by atoms with Gasteiger partial charge in [-0.2, -0.15) is 0 Å². The van der Waals surface area contributed by atoms with Crippen molar-refractivity contribution in [1.82, 2.24) is 5.32 Å². The minimum absolute atomic E-state index is 0.162. The Labute approximate surface area is 137 Å². The van der Waals surface area contributed by atoms with Gasteiger partial charge in [0.15, 0.2) is 6.54 Å². The number of nitrogens with one attached hydrogen (secondary N) is 2. The second kappa shape index (κ2) is 5.64. The first-order valence-corrected chi connectivity index (χ1v) is 9.63. The predicted molar refractivity (Wildman–Crippen MR) is 88.8 cm³/mol. The normalized spacial score (nSPS) is 37.2. The van der Waals surface area contributed by atoms with Crippen molar-refractivity contribution in [2.24, 2.45) is 17.8 Å². The van der Waals surface area contributed by atoms with Crippen LogP contribution in [-0.4, -0.2) is 25.0 Å². The molecule has 4 bridgehead atoms. The maximum absolute atomic E-state index is 12.5. The molecule has 0 saturated heterocycles. The van der Waals surface area contributed by atoms with Crippen LogP contribution in [0.2, 0.25) is 0 Å². The molecule has 4 aliphatic carbocycles. The molecule has 0 aromatic carbocycles. The molecular formula is C18H27N2OS+. The van der Waals surface area contributed by atoms with Crippen LogP contribution in [0.5, 0.6) is 0 Å². The Bertz CT molecular complexity index is 504. The molecule has 4 saturated carbocycles. The van der Waals surface area contributed by atoms with Gasteiger partial charge in [0, 0.05) is 5.54 Å². The highest BCUT2D eigenvalue weighted by Crippen LogP contribution is 2.55. The standard InChI is InChI=1S/C18H26N2OS/c1-20(11-16-3-2-4-22-16)12-17(21)19-18-8-13-5-14(9-18)7-15(6-13)10-18/h2-4,13-15H,5-12H2,1H3,(H,19,21)/p+1. The van der Waals surface area contributed by atoms with Gasteiger partial charge in [-0.25, -0.2) is 0 Å². The molecule has 1 aromatic heterocycles. The van der Waals surface area contributed by atoms with Crippen LogP contribution in [0, 0.1) is 17.8 Å². The van der Waals surface area contributed by atoms with E-state index in [-0.39, 0.29) is 11.4 Å². The van der Waals surface area contributed by atoms with Gasteiger partial charge >= 0.3 is 0 Å². The lowest BCUT2D eigenvalue weighted by molar-refractivity contribution is -0.885. The summed E-state index contributed by atoms with van der Waals surface area (Å²) in [6.07, 6.45) is 8.02. The number of quaternary nitrogens is 1. The number of rotatable bonds is 5. The molecule has 1 amide bonds. The van der Waals surface area contributed by atoms with Gasteiger partial charge in [-0.05, 0) is 67.7 Å². The molecule has 4 aliphatic rings. The molecule has 0 radical (unpaired) electrons. The molecule has 0 spiro atoms. The van der Waals surface area contributed by atoms with Gasteiger partial charge in [0.2, 0.25) is 0 Å². The summed E-state index contributed by atoms with van der Waals surface area (Å²) in [6.45, 7) is 1.55. The lowest BCUT2D eigenvalue weighted by Crippen LogP contribution is -3.09. The summed E-state index contributed by atoms with van der Waals surface area (Å²) in [5.41, 5.74) is 0.162. The second-order valence-electron chi connectivity index (χ2n) is 8.14. The zero-order valence-electron chi connectivity index (χ0n) is 13.4. The molecule has 1 atom stereocenters. The molecule has 1 aromatic rings. The maximum Gasteiger partial charge on any atom is 0.275 e. The molecule has 4 fully saturated rings. The van der Waals surface area contributed by atoms with Gasteiger partial charge in [-0.15, -0.1) is 11.3 Å². The Balaban J connectivity index is 1.34. The van der Waals surface area contributed by atoms with E-state index in [9.17, 15) is 4.79 Å². The molecule has 22 heavy (non-hydrogen) atoms. The maximum atomic E-state index is 12.5. The zero-order valence-corrected chi connectivity index (χ0v) is 14.3. The number of hydrogen-bond donors (Lipinski definition) is 2. The second-order valence-corrected chi connectivity index (χ2v) is 9.17. The topological polar surface area (TPSA) is 33.5 Å². The Hall–Kier alpha value is -0.870. The van der Waals surface area contributed by atoms with Gasteiger partial charge < -0.3 is 10.2 Å². The largest absolute Gasteiger partial charge is 0.346 e. The highest BCUT2D eigenvalue weighted by molar-refractivity contribution is 7.09. The van der Waals surface area contributed by atoms with E-state index in [2.05, 4.69) is 29.9 Å². The average molecular weight is 319 g/mol. The molecule has 4 heteroatoms. The van der Waals surface area contributed by atoms with E-state index in [0.717, 1.165) is 24.3 Å². The van der Waals surface area contributed by atoms with Crippen molar-refractivity contribution in [2.75, 3.05) is 13.6 Å². The van der Waals surface area contributed by atoms with Crippen LogP contribution in [0.4, 0.5) is 0 Å². The predicted octanol–water partition coefficient (Wildman–Crippen LogP) is 1.85. The first-order chi connectivity index (χ1) is 10.6. The number of amides is 1. The van der Waals surface area contributed by atoms with Gasteiger partial charge in [0.1, 0.15) is 6.54 Å². The average Bonchev–Trinajstić information content (AvgIpc) is 2.88. The number of likely N-dealkylation sites (N-methyl/N-ethyl adjacent to an activating group) is 1. The Kier molecular flexibility index (Phi) is 3.77. The quantitative estimate of drug-likeness (QED) is 0.853. The van der Waals surface area contributed by atoms with E-state index in [4.69, 9.17) is 0 Å². The number of hydrogen-bond acceptors (Lipinski definition) is 2. The fourth-order valence-electron chi connectivity index (χ4n) is 5.65. The Morgan fingerprint density at radius 3 is 2.45 bits per heavy atom. The van der Waals surface area contributed by atoms with Crippen LogP contribution in [0.3, 0.4) is 0 Å². The van der Waals surface area contributed by atoms with Gasteiger partial charge in [0.25, 0.3) is 5.91 Å². The van der Waals surface area contributed by atoms with E-state index < -0.39 is 0 Å².